The Morgan fingerprint density at radius 1 is 0.930 bits per heavy atom. The first-order valence-corrected chi connectivity index (χ1v) is 14.2. The molecule has 2 heterocycles. The van der Waals surface area contributed by atoms with Crippen LogP contribution in [0, 0.1) is 0 Å². The number of rotatable bonds is 9. The molecule has 2 N–H and O–H groups in total. The van der Waals surface area contributed by atoms with Crippen molar-refractivity contribution >= 4 is 28.6 Å². The largest absolute Gasteiger partial charge is 0.457 e. The van der Waals surface area contributed by atoms with Crippen LogP contribution in [0.3, 0.4) is 0 Å². The van der Waals surface area contributed by atoms with Crippen molar-refractivity contribution in [2.45, 2.75) is 25.3 Å². The molecule has 0 bridgehead atoms. The lowest BCUT2D eigenvalue weighted by Gasteiger charge is -2.33. The number of nitrogen functional groups attached to an aromatic ring is 1. The molecule has 0 radical (unpaired) electrons. The smallest absolute Gasteiger partial charge is 0.339 e. The fraction of sp³-hybridized carbons (Fsp3) is 0.212. The lowest BCUT2D eigenvalue weighted by Crippen LogP contribution is -2.37. The van der Waals surface area contributed by atoms with Gasteiger partial charge in [0.1, 0.15) is 23.3 Å². The van der Waals surface area contributed by atoms with Crippen LogP contribution in [-0.4, -0.2) is 56.6 Å². The van der Waals surface area contributed by atoms with Gasteiger partial charge < -0.3 is 15.4 Å². The van der Waals surface area contributed by atoms with Crippen molar-refractivity contribution in [3.8, 4) is 22.9 Å². The molecule has 10 nitrogen and oxygen atoms in total. The molecule has 1 aliphatic rings. The summed E-state index contributed by atoms with van der Waals surface area (Å²) in [5.41, 5.74) is 8.56. The third-order valence-corrected chi connectivity index (χ3v) is 7.90. The molecule has 1 amide bonds. The number of amides is 1. The number of nitrogens with two attached hydrogens (primary N) is 1. The molecule has 0 unspecified atom stereocenters. The fourth-order valence-corrected chi connectivity index (χ4v) is 5.17. The molecule has 0 spiro atoms. The third kappa shape index (κ3) is 5.64. The van der Waals surface area contributed by atoms with Gasteiger partial charge in [0.15, 0.2) is 11.5 Å². The number of aromatic nitrogens is 4. The van der Waals surface area contributed by atoms with Crippen LogP contribution in [-0.2, 0) is 4.79 Å². The normalized spacial score (nSPS) is 13.5. The van der Waals surface area contributed by atoms with Crippen LogP contribution in [0.2, 0.25) is 0 Å². The predicted molar refractivity (Wildman–Crippen MR) is 168 cm³/mol. The van der Waals surface area contributed by atoms with Crippen molar-refractivity contribution in [3.63, 3.8) is 0 Å². The molecule has 0 aliphatic heterocycles. The quantitative estimate of drug-likeness (QED) is 0.248. The van der Waals surface area contributed by atoms with Gasteiger partial charge in [-0.25, -0.2) is 19.3 Å². The highest BCUT2D eigenvalue weighted by Gasteiger charge is 2.22. The van der Waals surface area contributed by atoms with E-state index < -0.39 is 0 Å². The average Bonchev–Trinajstić information content (AvgIpc) is 3.29. The molecule has 0 saturated heterocycles. The second-order valence-electron chi connectivity index (χ2n) is 10.6. The van der Waals surface area contributed by atoms with Gasteiger partial charge in [0, 0.05) is 31.4 Å². The molecule has 1 saturated carbocycles. The number of carbonyl (C=O) groups is 1. The zero-order chi connectivity index (χ0) is 29.9. The molecule has 5 aromatic rings. The molecule has 2 aromatic heterocycles. The Labute approximate surface area is 249 Å². The van der Waals surface area contributed by atoms with E-state index >= 15 is 0 Å². The summed E-state index contributed by atoms with van der Waals surface area (Å²) in [6, 6.07) is 24.4. The van der Waals surface area contributed by atoms with Crippen molar-refractivity contribution in [2.75, 3.05) is 31.3 Å². The fourth-order valence-electron chi connectivity index (χ4n) is 5.17. The maximum absolute atomic E-state index is 13.9. The Balaban J connectivity index is 1.26. The van der Waals surface area contributed by atoms with Crippen LogP contribution in [0.4, 0.5) is 11.5 Å². The molecular weight excluding hydrogens is 542 g/mol. The highest BCUT2D eigenvalue weighted by atomic mass is 16.5. The molecular formula is C33H33N7O3. The molecule has 6 rings (SSSR count). The number of likely N-dealkylation sites (N-methyl/N-ethyl adjacent to an activating group) is 2. The van der Waals surface area contributed by atoms with E-state index in [1.165, 1.54) is 34.7 Å². The van der Waals surface area contributed by atoms with E-state index in [-0.39, 0.29) is 17.4 Å². The number of fused-ring (bicyclic) bond motifs is 1. The highest BCUT2D eigenvalue weighted by molar-refractivity contribution is 6.01. The van der Waals surface area contributed by atoms with Crippen molar-refractivity contribution < 1.29 is 9.53 Å². The summed E-state index contributed by atoms with van der Waals surface area (Å²) < 4.78 is 8.89. The van der Waals surface area contributed by atoms with Gasteiger partial charge in [-0.15, -0.1) is 0 Å². The van der Waals surface area contributed by atoms with Crippen LogP contribution in [0.15, 0.2) is 102 Å². The average molecular weight is 576 g/mol. The monoisotopic (exact) mass is 575 g/mol. The number of hydrogen-bond acceptors (Lipinski definition) is 7. The number of para-hydroxylation sites is 1. The number of hydrogen-bond donors (Lipinski definition) is 1. The summed E-state index contributed by atoms with van der Waals surface area (Å²) in [5, 5.41) is 0. The molecule has 1 fully saturated rings. The Morgan fingerprint density at radius 3 is 2.26 bits per heavy atom. The Kier molecular flexibility index (Phi) is 7.76. The van der Waals surface area contributed by atoms with Crippen LogP contribution in [0.1, 0.15) is 19.3 Å². The number of anilines is 2. The van der Waals surface area contributed by atoms with Gasteiger partial charge in [0.2, 0.25) is 5.91 Å². The zero-order valence-corrected chi connectivity index (χ0v) is 24.1. The van der Waals surface area contributed by atoms with Gasteiger partial charge in [-0.3, -0.25) is 14.3 Å². The lowest BCUT2D eigenvalue weighted by molar-refractivity contribution is -0.113. The number of nitrogens with zero attached hydrogens (tertiary/aromatic N) is 6. The molecule has 3 aromatic carbocycles. The van der Waals surface area contributed by atoms with Crippen molar-refractivity contribution in [2.24, 2.45) is 0 Å². The third-order valence-electron chi connectivity index (χ3n) is 7.90. The molecule has 1 aliphatic carbocycles. The minimum Gasteiger partial charge on any atom is -0.457 e. The summed E-state index contributed by atoms with van der Waals surface area (Å²) >= 11 is 0. The van der Waals surface area contributed by atoms with Crippen LogP contribution in [0.5, 0.6) is 11.5 Å². The Hall–Kier alpha value is -5.22. The van der Waals surface area contributed by atoms with Crippen molar-refractivity contribution in [1.82, 2.24) is 24.0 Å². The van der Waals surface area contributed by atoms with Gasteiger partial charge >= 0.3 is 5.69 Å². The summed E-state index contributed by atoms with van der Waals surface area (Å²) in [5.74, 6) is 1.40. The van der Waals surface area contributed by atoms with E-state index in [4.69, 9.17) is 10.5 Å². The molecule has 43 heavy (non-hydrogen) atoms. The first kappa shape index (κ1) is 27.9. The summed E-state index contributed by atoms with van der Waals surface area (Å²) in [6.45, 7) is 0.740. The van der Waals surface area contributed by atoms with Gasteiger partial charge in [-0.1, -0.05) is 30.7 Å². The van der Waals surface area contributed by atoms with Crippen LogP contribution < -0.4 is 21.1 Å². The number of imidazole rings is 1. The maximum atomic E-state index is 13.9. The van der Waals surface area contributed by atoms with Crippen LogP contribution in [0.25, 0.3) is 22.5 Å². The first-order chi connectivity index (χ1) is 20.9. The molecule has 218 valence electrons. The minimum atomic E-state index is -0.352. The second-order valence-corrected chi connectivity index (χ2v) is 10.6. The second kappa shape index (κ2) is 11.9. The van der Waals surface area contributed by atoms with Gasteiger partial charge in [-0.2, -0.15) is 0 Å². The van der Waals surface area contributed by atoms with E-state index in [1.807, 2.05) is 36.4 Å². The Bertz CT molecular complexity index is 1820. The van der Waals surface area contributed by atoms with E-state index in [1.54, 1.807) is 66.6 Å². The number of ether oxygens (including phenoxy) is 1. The predicted octanol–water partition coefficient (Wildman–Crippen LogP) is 4.95. The molecule has 10 heteroatoms. The van der Waals surface area contributed by atoms with Crippen LogP contribution >= 0.6 is 0 Å². The summed E-state index contributed by atoms with van der Waals surface area (Å²) in [7, 11) is 3.82. The number of carbonyl (C=O) groups excluding carboxylic acids is 1. The van der Waals surface area contributed by atoms with Crippen molar-refractivity contribution in [1.29, 1.82) is 0 Å². The van der Waals surface area contributed by atoms with E-state index in [0.29, 0.717) is 45.8 Å². The number of benzene rings is 3. The zero-order valence-electron chi connectivity index (χ0n) is 24.1. The minimum absolute atomic E-state index is 0.122. The van der Waals surface area contributed by atoms with Gasteiger partial charge in [-0.05, 0) is 80.6 Å². The van der Waals surface area contributed by atoms with E-state index in [9.17, 15) is 9.59 Å². The van der Waals surface area contributed by atoms with E-state index in [2.05, 4.69) is 21.9 Å². The first-order valence-electron chi connectivity index (χ1n) is 14.2. The van der Waals surface area contributed by atoms with Gasteiger partial charge in [0.25, 0.3) is 0 Å². The summed E-state index contributed by atoms with van der Waals surface area (Å²) in [4.78, 5) is 39.1. The highest BCUT2D eigenvalue weighted by Crippen LogP contribution is 2.27. The molecule has 0 atom stereocenters. The summed E-state index contributed by atoms with van der Waals surface area (Å²) in [6.07, 6.45) is 8.58. The Morgan fingerprint density at radius 2 is 1.58 bits per heavy atom. The standard InChI is InChI=1S/C33H33N7O3/c1-37(23-8-6-9-23)21-7-12-29(41)38(2)24-13-15-26(16-14-24)40-32-30(31(34)35-22-36-32)39(33(40)42)25-17-19-28(20-18-25)43-27-10-4-3-5-11-27/h3-5,7,10-20,22-23H,6,8-9,21H2,1-2H3,(H2,34,35,36)/b12-7+. The maximum Gasteiger partial charge on any atom is 0.339 e. The van der Waals surface area contributed by atoms with Crippen molar-refractivity contribution in [3.05, 3.63) is 108 Å². The SMILES string of the molecule is CN(C(=O)/C=C/CN(C)C1CCC1)c1ccc(-n2c(=O)n(-c3ccc(Oc4ccccc4)cc3)c3c(N)ncnc32)cc1. The van der Waals surface area contributed by atoms with Gasteiger partial charge in [0.05, 0.1) is 11.4 Å². The van der Waals surface area contributed by atoms with E-state index in [0.717, 1.165) is 6.54 Å². The topological polar surface area (TPSA) is 112 Å². The lowest BCUT2D eigenvalue weighted by atomic mass is 9.92.